The number of rotatable bonds is 5. The number of nitrogens with zero attached hydrogens (tertiary/aromatic N) is 1. The van der Waals surface area contributed by atoms with Gasteiger partial charge in [-0.15, -0.1) is 0 Å². The maximum Gasteiger partial charge on any atom is 0.417 e. The Morgan fingerprint density at radius 3 is 2.58 bits per heavy atom. The third-order valence-corrected chi connectivity index (χ3v) is 3.43. The van der Waals surface area contributed by atoms with E-state index in [-0.39, 0.29) is 16.9 Å². The van der Waals surface area contributed by atoms with E-state index in [1.807, 2.05) is 6.92 Å². The zero-order chi connectivity index (χ0) is 17.9. The van der Waals surface area contributed by atoms with Gasteiger partial charge in [0.2, 0.25) is 5.88 Å². The van der Waals surface area contributed by atoms with E-state index in [0.717, 1.165) is 11.6 Å². The second-order valence-corrected chi connectivity index (χ2v) is 5.65. The van der Waals surface area contributed by atoms with Gasteiger partial charge in [0.25, 0.3) is 0 Å². The summed E-state index contributed by atoms with van der Waals surface area (Å²) in [6, 6.07) is 5.85. The highest BCUT2D eigenvalue weighted by molar-refractivity contribution is 6.31. The summed E-state index contributed by atoms with van der Waals surface area (Å²) in [5.74, 6) is 0.595. The fourth-order valence-corrected chi connectivity index (χ4v) is 2.30. The van der Waals surface area contributed by atoms with Gasteiger partial charge in [-0.2, -0.15) is 13.2 Å². The molecular weight excluding hydrogens is 345 g/mol. The SMILES string of the molecule is COc1cccc(CC(C)N)c1Oc1ncc(C(F)(F)F)cc1Cl. The molecule has 1 aromatic carbocycles. The molecule has 0 radical (unpaired) electrons. The Morgan fingerprint density at radius 2 is 2.04 bits per heavy atom. The second-order valence-electron chi connectivity index (χ2n) is 5.24. The van der Waals surface area contributed by atoms with Crippen LogP contribution in [0.15, 0.2) is 30.5 Å². The van der Waals surface area contributed by atoms with Crippen LogP contribution in [-0.2, 0) is 12.6 Å². The molecule has 0 bridgehead atoms. The largest absolute Gasteiger partial charge is 0.493 e. The number of methoxy groups -OCH3 is 1. The monoisotopic (exact) mass is 360 g/mol. The van der Waals surface area contributed by atoms with E-state index >= 15 is 0 Å². The van der Waals surface area contributed by atoms with Crippen molar-refractivity contribution in [3.8, 4) is 17.4 Å². The molecule has 0 aliphatic rings. The van der Waals surface area contributed by atoms with Gasteiger partial charge in [-0.3, -0.25) is 0 Å². The van der Waals surface area contributed by atoms with E-state index in [2.05, 4.69) is 4.98 Å². The fraction of sp³-hybridized carbons (Fsp3) is 0.312. The molecule has 0 fully saturated rings. The molecule has 130 valence electrons. The van der Waals surface area contributed by atoms with E-state index in [1.165, 1.54) is 7.11 Å². The van der Waals surface area contributed by atoms with Crippen LogP contribution in [0.2, 0.25) is 5.02 Å². The molecule has 0 saturated carbocycles. The second kappa shape index (κ2) is 7.27. The molecule has 24 heavy (non-hydrogen) atoms. The summed E-state index contributed by atoms with van der Waals surface area (Å²) in [4.78, 5) is 3.67. The van der Waals surface area contributed by atoms with Crippen LogP contribution in [0.4, 0.5) is 13.2 Å². The van der Waals surface area contributed by atoms with Crippen molar-refractivity contribution in [3.63, 3.8) is 0 Å². The molecule has 8 heteroatoms. The summed E-state index contributed by atoms with van der Waals surface area (Å²) >= 11 is 5.89. The van der Waals surface area contributed by atoms with Crippen LogP contribution in [0.1, 0.15) is 18.1 Å². The van der Waals surface area contributed by atoms with Crippen LogP contribution in [0.3, 0.4) is 0 Å². The predicted octanol–water partition coefficient (Wildman–Crippen LogP) is 4.44. The molecule has 0 saturated heterocycles. The average molecular weight is 361 g/mol. The predicted molar refractivity (Wildman–Crippen MR) is 84.7 cm³/mol. The number of hydrogen-bond donors (Lipinski definition) is 1. The number of para-hydroxylation sites is 1. The Morgan fingerprint density at radius 1 is 1.33 bits per heavy atom. The summed E-state index contributed by atoms with van der Waals surface area (Å²) < 4.78 is 48.9. The van der Waals surface area contributed by atoms with Gasteiger partial charge in [-0.25, -0.2) is 4.98 Å². The highest BCUT2D eigenvalue weighted by Gasteiger charge is 2.32. The molecule has 2 rings (SSSR count). The van der Waals surface area contributed by atoms with Crippen LogP contribution >= 0.6 is 11.6 Å². The van der Waals surface area contributed by atoms with Gasteiger partial charge in [0, 0.05) is 17.8 Å². The standard InChI is InChI=1S/C16H16ClF3N2O2/c1-9(21)6-10-4-3-5-13(23-2)14(10)24-15-12(17)7-11(8-22-15)16(18,19)20/h3-5,7-9H,6,21H2,1-2H3. The zero-order valence-corrected chi connectivity index (χ0v) is 13.8. The Kier molecular flexibility index (Phi) is 5.56. The van der Waals surface area contributed by atoms with E-state index in [1.54, 1.807) is 18.2 Å². The van der Waals surface area contributed by atoms with Crippen molar-refractivity contribution in [2.45, 2.75) is 25.6 Å². The summed E-state index contributed by atoms with van der Waals surface area (Å²) in [5.41, 5.74) is 5.60. The third-order valence-electron chi connectivity index (χ3n) is 3.16. The first kappa shape index (κ1) is 18.4. The first-order chi connectivity index (χ1) is 11.2. The van der Waals surface area contributed by atoms with E-state index in [9.17, 15) is 13.2 Å². The normalized spacial score (nSPS) is 12.8. The highest BCUT2D eigenvalue weighted by Crippen LogP contribution is 2.39. The lowest BCUT2D eigenvalue weighted by atomic mass is 10.1. The summed E-state index contributed by atoms with van der Waals surface area (Å²) in [6.45, 7) is 1.83. The van der Waals surface area contributed by atoms with Gasteiger partial charge in [0.15, 0.2) is 11.5 Å². The number of nitrogens with two attached hydrogens (primary N) is 1. The molecule has 2 aromatic rings. The van der Waals surface area contributed by atoms with Gasteiger partial charge in [0.1, 0.15) is 5.02 Å². The van der Waals surface area contributed by atoms with Crippen LogP contribution in [-0.4, -0.2) is 18.1 Å². The number of pyridine rings is 1. The molecular formula is C16H16ClF3N2O2. The Bertz CT molecular complexity index is 721. The number of halogens is 4. The van der Waals surface area contributed by atoms with Gasteiger partial charge >= 0.3 is 6.18 Å². The number of aromatic nitrogens is 1. The molecule has 1 atom stereocenters. The lowest BCUT2D eigenvalue weighted by Gasteiger charge is -2.16. The minimum absolute atomic E-state index is 0.139. The van der Waals surface area contributed by atoms with Crippen molar-refractivity contribution in [2.24, 2.45) is 5.73 Å². The number of alkyl halides is 3. The van der Waals surface area contributed by atoms with Gasteiger partial charge in [-0.05, 0) is 25.5 Å². The Labute approximate surface area is 142 Å². The molecule has 0 aliphatic carbocycles. The smallest absolute Gasteiger partial charge is 0.417 e. The first-order valence-electron chi connectivity index (χ1n) is 7.04. The molecule has 2 N–H and O–H groups in total. The van der Waals surface area contributed by atoms with Gasteiger partial charge in [0.05, 0.1) is 12.7 Å². The maximum atomic E-state index is 12.7. The molecule has 0 spiro atoms. The Hall–Kier alpha value is -1.99. The van der Waals surface area contributed by atoms with Crippen molar-refractivity contribution < 1.29 is 22.6 Å². The van der Waals surface area contributed by atoms with Gasteiger partial charge < -0.3 is 15.2 Å². The minimum Gasteiger partial charge on any atom is -0.493 e. The molecule has 0 amide bonds. The number of ether oxygens (including phenoxy) is 2. The quantitative estimate of drug-likeness (QED) is 0.856. The number of hydrogen-bond acceptors (Lipinski definition) is 4. The van der Waals surface area contributed by atoms with Crippen molar-refractivity contribution in [1.82, 2.24) is 4.98 Å². The lowest BCUT2D eigenvalue weighted by molar-refractivity contribution is -0.137. The topological polar surface area (TPSA) is 57.4 Å². The van der Waals surface area contributed by atoms with Crippen molar-refractivity contribution in [1.29, 1.82) is 0 Å². The molecule has 1 heterocycles. The summed E-state index contributed by atoms with van der Waals surface area (Å²) in [7, 11) is 1.46. The molecule has 1 unspecified atom stereocenters. The van der Waals surface area contributed by atoms with Gasteiger partial charge in [-0.1, -0.05) is 23.7 Å². The minimum atomic E-state index is -4.53. The zero-order valence-electron chi connectivity index (χ0n) is 13.0. The summed E-state index contributed by atoms with van der Waals surface area (Å²) in [6.07, 6.45) is -3.37. The lowest BCUT2D eigenvalue weighted by Crippen LogP contribution is -2.18. The third kappa shape index (κ3) is 4.30. The van der Waals surface area contributed by atoms with Crippen LogP contribution in [0, 0.1) is 0 Å². The fourth-order valence-electron chi connectivity index (χ4n) is 2.10. The number of benzene rings is 1. The van der Waals surface area contributed by atoms with Crippen molar-refractivity contribution in [2.75, 3.05) is 7.11 Å². The van der Waals surface area contributed by atoms with Crippen LogP contribution in [0.25, 0.3) is 0 Å². The van der Waals surface area contributed by atoms with Crippen molar-refractivity contribution >= 4 is 11.6 Å². The highest BCUT2D eigenvalue weighted by atomic mass is 35.5. The van der Waals surface area contributed by atoms with Crippen LogP contribution < -0.4 is 15.2 Å². The molecule has 4 nitrogen and oxygen atoms in total. The summed E-state index contributed by atoms with van der Waals surface area (Å²) in [5, 5.41) is -0.248. The van der Waals surface area contributed by atoms with Crippen molar-refractivity contribution in [3.05, 3.63) is 46.6 Å². The van der Waals surface area contributed by atoms with E-state index < -0.39 is 11.7 Å². The van der Waals surface area contributed by atoms with E-state index in [0.29, 0.717) is 24.1 Å². The Balaban J connectivity index is 2.40. The molecule has 1 aromatic heterocycles. The average Bonchev–Trinajstić information content (AvgIpc) is 2.49. The van der Waals surface area contributed by atoms with E-state index in [4.69, 9.17) is 26.8 Å². The van der Waals surface area contributed by atoms with Crippen LogP contribution in [0.5, 0.6) is 17.4 Å². The molecule has 0 aliphatic heterocycles. The first-order valence-corrected chi connectivity index (χ1v) is 7.42. The maximum absolute atomic E-state index is 12.7.